The number of nitrogens with zero attached hydrogens (tertiary/aromatic N) is 1. The van der Waals surface area contributed by atoms with Crippen molar-refractivity contribution >= 4 is 22.7 Å². The maximum absolute atomic E-state index is 11.2. The van der Waals surface area contributed by atoms with E-state index in [0.29, 0.717) is 17.6 Å². The van der Waals surface area contributed by atoms with Crippen LogP contribution < -0.4 is 0 Å². The van der Waals surface area contributed by atoms with E-state index in [2.05, 4.69) is 23.1 Å². The molecule has 0 radical (unpaired) electrons. The smallest absolute Gasteiger partial charge is 0.157 e. The molecule has 0 heterocycles. The first-order valence-corrected chi connectivity index (χ1v) is 10.7. The van der Waals surface area contributed by atoms with Gasteiger partial charge >= 0.3 is 0 Å². The summed E-state index contributed by atoms with van der Waals surface area (Å²) in [4.78, 5) is 2.20. The molecule has 0 fully saturated rings. The van der Waals surface area contributed by atoms with Gasteiger partial charge in [0.1, 0.15) is 0 Å². The third-order valence-corrected chi connectivity index (χ3v) is 6.36. The SMILES string of the molecule is CC(CN(C)C1Cc2ccc(Cc3cc(Cl)cc(CO)c3)cc2C1)S(=O)O. The highest BCUT2D eigenvalue weighted by Crippen LogP contribution is 2.28. The Balaban J connectivity index is 1.69. The number of fused-ring (bicyclic) bond motifs is 1. The molecule has 0 aromatic heterocycles. The number of hydrogen-bond donors (Lipinski definition) is 2. The van der Waals surface area contributed by atoms with Crippen molar-refractivity contribution in [2.45, 2.75) is 44.1 Å². The molecule has 1 aliphatic rings. The van der Waals surface area contributed by atoms with E-state index >= 15 is 0 Å². The van der Waals surface area contributed by atoms with Crippen LogP contribution in [0, 0.1) is 0 Å². The molecule has 3 rings (SSSR count). The summed E-state index contributed by atoms with van der Waals surface area (Å²) >= 11 is 4.37. The third-order valence-electron chi connectivity index (χ3n) is 5.30. The second-order valence-electron chi connectivity index (χ2n) is 7.49. The normalized spacial score (nSPS) is 18.5. The molecule has 3 atom stereocenters. The van der Waals surface area contributed by atoms with Gasteiger partial charge < -0.3 is 14.6 Å². The summed E-state index contributed by atoms with van der Waals surface area (Å²) in [6.45, 7) is 2.41. The molecule has 0 aliphatic heterocycles. The van der Waals surface area contributed by atoms with E-state index in [9.17, 15) is 13.9 Å². The molecule has 1 aliphatic carbocycles. The molecule has 27 heavy (non-hydrogen) atoms. The van der Waals surface area contributed by atoms with Gasteiger partial charge in [-0.3, -0.25) is 0 Å². The van der Waals surface area contributed by atoms with Gasteiger partial charge in [-0.05, 0) is 73.2 Å². The lowest BCUT2D eigenvalue weighted by atomic mass is 9.99. The van der Waals surface area contributed by atoms with E-state index in [4.69, 9.17) is 11.6 Å². The minimum Gasteiger partial charge on any atom is -0.392 e. The van der Waals surface area contributed by atoms with Crippen LogP contribution in [-0.2, 0) is 36.9 Å². The Morgan fingerprint density at radius 1 is 1.15 bits per heavy atom. The fourth-order valence-corrected chi connectivity index (χ4v) is 4.48. The van der Waals surface area contributed by atoms with Gasteiger partial charge in [-0.25, -0.2) is 4.21 Å². The monoisotopic (exact) mass is 407 g/mol. The van der Waals surface area contributed by atoms with Crippen LogP contribution in [0.1, 0.15) is 34.7 Å². The summed E-state index contributed by atoms with van der Waals surface area (Å²) < 4.78 is 20.5. The molecular formula is C21H26ClNO3S. The average Bonchev–Trinajstić information content (AvgIpc) is 3.04. The van der Waals surface area contributed by atoms with Crippen molar-refractivity contribution in [2.24, 2.45) is 0 Å². The van der Waals surface area contributed by atoms with Gasteiger partial charge in [0.2, 0.25) is 0 Å². The van der Waals surface area contributed by atoms with Crippen LogP contribution in [0.4, 0.5) is 0 Å². The van der Waals surface area contributed by atoms with Crippen molar-refractivity contribution in [3.05, 3.63) is 69.2 Å². The fraction of sp³-hybridized carbons (Fsp3) is 0.429. The number of likely N-dealkylation sites (N-methyl/N-ethyl adjacent to an activating group) is 1. The zero-order valence-electron chi connectivity index (χ0n) is 15.7. The van der Waals surface area contributed by atoms with Crippen molar-refractivity contribution in [3.63, 3.8) is 0 Å². The van der Waals surface area contributed by atoms with Crippen molar-refractivity contribution in [2.75, 3.05) is 13.6 Å². The van der Waals surface area contributed by atoms with E-state index in [1.807, 2.05) is 19.2 Å². The summed E-state index contributed by atoms with van der Waals surface area (Å²) in [6, 6.07) is 12.7. The van der Waals surface area contributed by atoms with E-state index in [1.54, 1.807) is 13.0 Å². The van der Waals surface area contributed by atoms with Crippen molar-refractivity contribution in [1.29, 1.82) is 0 Å². The predicted molar refractivity (Wildman–Crippen MR) is 111 cm³/mol. The molecule has 0 bridgehead atoms. The second-order valence-corrected chi connectivity index (χ2v) is 9.29. The predicted octanol–water partition coefficient (Wildman–Crippen LogP) is 3.43. The molecule has 2 aromatic rings. The first-order chi connectivity index (χ1) is 12.9. The topological polar surface area (TPSA) is 60.8 Å². The highest BCUT2D eigenvalue weighted by atomic mass is 35.5. The maximum Gasteiger partial charge on any atom is 0.157 e. The lowest BCUT2D eigenvalue weighted by Gasteiger charge is -2.25. The summed E-state index contributed by atoms with van der Waals surface area (Å²) in [7, 11) is 2.03. The van der Waals surface area contributed by atoms with Crippen LogP contribution in [0.3, 0.4) is 0 Å². The van der Waals surface area contributed by atoms with Crippen LogP contribution >= 0.6 is 11.6 Å². The second kappa shape index (κ2) is 8.84. The number of benzene rings is 2. The molecule has 4 nitrogen and oxygen atoms in total. The fourth-order valence-electron chi connectivity index (χ4n) is 3.83. The summed E-state index contributed by atoms with van der Waals surface area (Å²) in [5.74, 6) is 0. The molecule has 0 saturated carbocycles. The lowest BCUT2D eigenvalue weighted by Crippen LogP contribution is -2.38. The number of rotatable bonds is 7. The quantitative estimate of drug-likeness (QED) is 0.690. The van der Waals surface area contributed by atoms with E-state index in [-0.39, 0.29) is 11.9 Å². The summed E-state index contributed by atoms with van der Waals surface area (Å²) in [5.41, 5.74) is 5.86. The van der Waals surface area contributed by atoms with Crippen LogP contribution in [0.5, 0.6) is 0 Å². The molecular weight excluding hydrogens is 382 g/mol. The van der Waals surface area contributed by atoms with Gasteiger partial charge in [-0.1, -0.05) is 35.9 Å². The van der Waals surface area contributed by atoms with Gasteiger partial charge in [0.05, 0.1) is 11.9 Å². The van der Waals surface area contributed by atoms with Crippen LogP contribution in [0.15, 0.2) is 36.4 Å². The Hall–Kier alpha value is -1.24. The van der Waals surface area contributed by atoms with Crippen LogP contribution in [0.25, 0.3) is 0 Å². The molecule has 3 unspecified atom stereocenters. The molecule has 146 valence electrons. The molecule has 6 heteroatoms. The first-order valence-electron chi connectivity index (χ1n) is 9.15. The zero-order chi connectivity index (χ0) is 19.6. The van der Waals surface area contributed by atoms with Crippen molar-refractivity contribution < 1.29 is 13.9 Å². The average molecular weight is 408 g/mol. The zero-order valence-corrected chi connectivity index (χ0v) is 17.3. The molecule has 2 aromatic carbocycles. The maximum atomic E-state index is 11.2. The number of aliphatic hydroxyl groups excluding tert-OH is 1. The Labute approximate surface area is 168 Å². The number of halogens is 1. The van der Waals surface area contributed by atoms with E-state index in [0.717, 1.165) is 30.4 Å². The summed E-state index contributed by atoms with van der Waals surface area (Å²) in [6.07, 6.45) is 2.71. The Morgan fingerprint density at radius 3 is 2.56 bits per heavy atom. The minimum atomic E-state index is -1.78. The summed E-state index contributed by atoms with van der Waals surface area (Å²) in [5, 5.41) is 9.76. The lowest BCUT2D eigenvalue weighted by molar-refractivity contribution is 0.250. The Morgan fingerprint density at radius 2 is 1.85 bits per heavy atom. The molecule has 0 spiro atoms. The first kappa shape index (κ1) is 20.5. The molecule has 0 saturated heterocycles. The van der Waals surface area contributed by atoms with Gasteiger partial charge in [-0.15, -0.1) is 0 Å². The van der Waals surface area contributed by atoms with Gasteiger partial charge in [-0.2, -0.15) is 0 Å². The number of aliphatic hydroxyl groups is 1. The van der Waals surface area contributed by atoms with Crippen LogP contribution in [0.2, 0.25) is 5.02 Å². The highest BCUT2D eigenvalue weighted by molar-refractivity contribution is 7.79. The number of hydrogen-bond acceptors (Lipinski definition) is 3. The molecule has 2 N–H and O–H groups in total. The Bertz CT molecular complexity index is 842. The van der Waals surface area contributed by atoms with Gasteiger partial charge in [0.25, 0.3) is 0 Å². The van der Waals surface area contributed by atoms with Crippen molar-refractivity contribution in [1.82, 2.24) is 4.90 Å². The highest BCUT2D eigenvalue weighted by Gasteiger charge is 2.26. The van der Waals surface area contributed by atoms with Gasteiger partial charge in [0, 0.05) is 17.6 Å². The largest absolute Gasteiger partial charge is 0.392 e. The third kappa shape index (κ3) is 5.18. The molecule has 0 amide bonds. The van der Waals surface area contributed by atoms with E-state index < -0.39 is 11.1 Å². The minimum absolute atomic E-state index is 0.0111. The van der Waals surface area contributed by atoms with Crippen molar-refractivity contribution in [3.8, 4) is 0 Å². The standard InChI is InChI=1S/C21H26ClNO3S/c1-14(27(25)26)12-23(2)21-10-18-4-3-15(7-19(18)11-21)5-16-6-17(13-24)9-20(22)8-16/h3-4,6-9,14,21,24H,5,10-13H2,1-2H3,(H,25,26). The van der Waals surface area contributed by atoms with E-state index in [1.165, 1.54) is 16.7 Å². The van der Waals surface area contributed by atoms with Crippen LogP contribution in [-0.4, -0.2) is 43.7 Å². The van der Waals surface area contributed by atoms with Gasteiger partial charge in [0.15, 0.2) is 11.1 Å². The Kier molecular flexibility index (Phi) is 6.71.